The molecule has 0 aliphatic carbocycles. The second-order valence-corrected chi connectivity index (χ2v) is 5.37. The van der Waals surface area contributed by atoms with Crippen LogP contribution in [0, 0.1) is 15.9 Å². The predicted octanol–water partition coefficient (Wildman–Crippen LogP) is 3.96. The van der Waals surface area contributed by atoms with Gasteiger partial charge < -0.3 is 4.74 Å². The summed E-state index contributed by atoms with van der Waals surface area (Å²) in [7, 11) is 1.33. The lowest BCUT2D eigenvalue weighted by atomic mass is 10.0. The largest absolute Gasteiger partial charge is 0.494 e. The van der Waals surface area contributed by atoms with Gasteiger partial charge in [-0.15, -0.1) is 0 Å². The second kappa shape index (κ2) is 7.04. The Hall–Kier alpha value is -2.35. The number of nitro groups is 1. The molecule has 9 heteroatoms. The molecule has 24 heavy (non-hydrogen) atoms. The molecule has 0 radical (unpaired) electrons. The number of halogens is 4. The van der Waals surface area contributed by atoms with E-state index in [9.17, 15) is 23.3 Å². The van der Waals surface area contributed by atoms with Crippen molar-refractivity contribution >= 4 is 11.6 Å². The van der Waals surface area contributed by atoms with Crippen LogP contribution in [0.2, 0.25) is 5.02 Å². The lowest BCUT2D eigenvalue weighted by Gasteiger charge is -2.19. The standard InChI is InChI=1S/C15H12ClF3N2O3/c1-24-12-4-5-13(15(19,7-17)8-21(22)23)20-14(12)9-2-3-11(18)10(16)6-9/h2-6H,7-8H2,1H3. The molecule has 0 fully saturated rings. The van der Waals surface area contributed by atoms with Crippen molar-refractivity contribution in [3.05, 3.63) is 57.0 Å². The van der Waals surface area contributed by atoms with Crippen molar-refractivity contribution in [3.63, 3.8) is 0 Å². The minimum Gasteiger partial charge on any atom is -0.494 e. The van der Waals surface area contributed by atoms with Crippen LogP contribution >= 0.6 is 11.6 Å². The fourth-order valence-corrected chi connectivity index (χ4v) is 2.29. The van der Waals surface area contributed by atoms with Gasteiger partial charge in [-0.2, -0.15) is 0 Å². The van der Waals surface area contributed by atoms with Crippen molar-refractivity contribution in [2.75, 3.05) is 20.3 Å². The zero-order valence-corrected chi connectivity index (χ0v) is 13.2. The summed E-state index contributed by atoms with van der Waals surface area (Å²) < 4.78 is 46.1. The first-order valence-electron chi connectivity index (χ1n) is 6.68. The number of methoxy groups -OCH3 is 1. The Labute approximate surface area is 140 Å². The van der Waals surface area contributed by atoms with E-state index in [1.54, 1.807) is 0 Å². The third kappa shape index (κ3) is 3.59. The van der Waals surface area contributed by atoms with Crippen LogP contribution < -0.4 is 4.74 Å². The lowest BCUT2D eigenvalue weighted by molar-refractivity contribution is -0.498. The summed E-state index contributed by atoms with van der Waals surface area (Å²) in [6, 6.07) is 6.07. The fraction of sp³-hybridized carbons (Fsp3) is 0.267. The first kappa shape index (κ1) is 18.0. The van der Waals surface area contributed by atoms with Crippen LogP contribution in [0.5, 0.6) is 5.75 Å². The number of ether oxygens (including phenoxy) is 1. The average molecular weight is 361 g/mol. The van der Waals surface area contributed by atoms with E-state index in [1.807, 2.05) is 0 Å². The van der Waals surface area contributed by atoms with Gasteiger partial charge in [0.2, 0.25) is 12.2 Å². The maximum atomic E-state index is 14.6. The van der Waals surface area contributed by atoms with E-state index in [-0.39, 0.29) is 16.5 Å². The Balaban J connectivity index is 2.58. The first-order chi connectivity index (χ1) is 11.3. The summed E-state index contributed by atoms with van der Waals surface area (Å²) in [5.41, 5.74) is -2.98. The smallest absolute Gasteiger partial charge is 0.245 e. The first-order valence-corrected chi connectivity index (χ1v) is 7.06. The fourth-order valence-electron chi connectivity index (χ4n) is 2.11. The number of pyridine rings is 1. The number of nitrogens with zero attached hydrogens (tertiary/aromatic N) is 2. The molecule has 1 heterocycles. The minimum atomic E-state index is -2.88. The Morgan fingerprint density at radius 1 is 1.38 bits per heavy atom. The number of benzene rings is 1. The summed E-state index contributed by atoms with van der Waals surface area (Å²) >= 11 is 5.72. The molecule has 0 N–H and O–H groups in total. The second-order valence-electron chi connectivity index (χ2n) is 4.97. The molecule has 2 aromatic rings. The molecule has 2 rings (SSSR count). The van der Waals surface area contributed by atoms with E-state index in [4.69, 9.17) is 16.3 Å². The van der Waals surface area contributed by atoms with Gasteiger partial charge >= 0.3 is 0 Å². The van der Waals surface area contributed by atoms with E-state index >= 15 is 0 Å². The van der Waals surface area contributed by atoms with Crippen LogP contribution in [0.1, 0.15) is 5.69 Å². The van der Waals surface area contributed by atoms with E-state index in [0.717, 1.165) is 12.1 Å². The van der Waals surface area contributed by atoms with Crippen LogP contribution in [0.3, 0.4) is 0 Å². The van der Waals surface area contributed by atoms with E-state index < -0.39 is 35.3 Å². The highest BCUT2D eigenvalue weighted by atomic mass is 35.5. The number of hydrogen-bond donors (Lipinski definition) is 0. The summed E-state index contributed by atoms with van der Waals surface area (Å²) in [6.45, 7) is -2.89. The zero-order valence-electron chi connectivity index (χ0n) is 12.4. The molecule has 0 saturated carbocycles. The molecule has 1 atom stereocenters. The number of rotatable bonds is 6. The van der Waals surface area contributed by atoms with Gasteiger partial charge in [0, 0.05) is 10.5 Å². The van der Waals surface area contributed by atoms with E-state index in [0.29, 0.717) is 5.56 Å². The summed E-state index contributed by atoms with van der Waals surface area (Å²) in [5, 5.41) is 10.4. The van der Waals surface area contributed by atoms with Gasteiger partial charge in [-0.3, -0.25) is 10.1 Å². The molecule has 0 saturated heterocycles. The monoisotopic (exact) mass is 360 g/mol. The van der Waals surface area contributed by atoms with Gasteiger partial charge in [0.1, 0.15) is 23.9 Å². The van der Waals surface area contributed by atoms with Gasteiger partial charge in [-0.25, -0.2) is 18.2 Å². The van der Waals surface area contributed by atoms with E-state index in [1.165, 1.54) is 25.3 Å². The quantitative estimate of drug-likeness (QED) is 0.577. The number of hydrogen-bond acceptors (Lipinski definition) is 4. The van der Waals surface area contributed by atoms with Crippen LogP contribution in [0.15, 0.2) is 30.3 Å². The molecular formula is C15H12ClF3N2O3. The van der Waals surface area contributed by atoms with E-state index in [2.05, 4.69) is 4.98 Å². The Kier molecular flexibility index (Phi) is 5.28. The van der Waals surface area contributed by atoms with Gasteiger partial charge in [-0.1, -0.05) is 11.6 Å². The third-order valence-electron chi connectivity index (χ3n) is 3.32. The van der Waals surface area contributed by atoms with Gasteiger partial charge in [-0.05, 0) is 30.3 Å². The Morgan fingerprint density at radius 3 is 2.62 bits per heavy atom. The van der Waals surface area contributed by atoms with Crippen molar-refractivity contribution in [1.29, 1.82) is 0 Å². The molecule has 0 amide bonds. The van der Waals surface area contributed by atoms with Crippen LogP contribution in [0.4, 0.5) is 13.2 Å². The van der Waals surface area contributed by atoms with Crippen molar-refractivity contribution in [1.82, 2.24) is 4.98 Å². The zero-order chi connectivity index (χ0) is 17.9. The van der Waals surface area contributed by atoms with Crippen molar-refractivity contribution in [2.24, 2.45) is 0 Å². The molecule has 1 aromatic heterocycles. The number of aromatic nitrogens is 1. The summed E-state index contributed by atoms with van der Waals surface area (Å²) in [6.07, 6.45) is 0. The molecule has 5 nitrogen and oxygen atoms in total. The van der Waals surface area contributed by atoms with Crippen molar-refractivity contribution < 1.29 is 22.8 Å². The van der Waals surface area contributed by atoms with Crippen LogP contribution in [0.25, 0.3) is 11.3 Å². The summed E-state index contributed by atoms with van der Waals surface area (Å²) in [4.78, 5) is 13.6. The molecule has 0 spiro atoms. The van der Waals surface area contributed by atoms with Gasteiger partial charge in [0.05, 0.1) is 17.8 Å². The van der Waals surface area contributed by atoms with Gasteiger partial charge in [0.25, 0.3) is 0 Å². The van der Waals surface area contributed by atoms with Crippen LogP contribution in [-0.2, 0) is 5.67 Å². The minimum absolute atomic E-state index is 0.0655. The van der Waals surface area contributed by atoms with Crippen molar-refractivity contribution in [2.45, 2.75) is 5.67 Å². The SMILES string of the molecule is COc1ccc(C(F)(CF)C[N+](=O)[O-])nc1-c1ccc(F)c(Cl)c1. The Morgan fingerprint density at radius 2 is 2.08 bits per heavy atom. The molecule has 0 aliphatic rings. The topological polar surface area (TPSA) is 65.3 Å². The maximum Gasteiger partial charge on any atom is 0.245 e. The average Bonchev–Trinajstić information content (AvgIpc) is 2.56. The summed E-state index contributed by atoms with van der Waals surface area (Å²) in [5.74, 6) is -0.462. The Bertz CT molecular complexity index is 776. The van der Waals surface area contributed by atoms with Crippen molar-refractivity contribution in [3.8, 4) is 17.0 Å². The molecule has 0 aliphatic heterocycles. The third-order valence-corrected chi connectivity index (χ3v) is 3.61. The van der Waals surface area contributed by atoms with Gasteiger partial charge in [0.15, 0.2) is 0 Å². The van der Waals surface area contributed by atoms with Crippen LogP contribution in [-0.4, -0.2) is 30.2 Å². The predicted molar refractivity (Wildman–Crippen MR) is 81.8 cm³/mol. The molecular weight excluding hydrogens is 349 g/mol. The maximum absolute atomic E-state index is 14.6. The highest BCUT2D eigenvalue weighted by Gasteiger charge is 2.40. The number of alkyl halides is 2. The normalized spacial score (nSPS) is 13.4. The molecule has 128 valence electrons. The molecule has 0 bridgehead atoms. The lowest BCUT2D eigenvalue weighted by Crippen LogP contribution is -2.33. The molecule has 1 aromatic carbocycles. The molecule has 1 unspecified atom stereocenters. The highest BCUT2D eigenvalue weighted by Crippen LogP contribution is 2.34. The highest BCUT2D eigenvalue weighted by molar-refractivity contribution is 6.31.